The summed E-state index contributed by atoms with van der Waals surface area (Å²) in [5, 5.41) is 6.57. The monoisotopic (exact) mass is 346 g/mol. The maximum atomic E-state index is 5.50. The van der Waals surface area contributed by atoms with Crippen LogP contribution in [-0.4, -0.2) is 45.4 Å². The summed E-state index contributed by atoms with van der Waals surface area (Å²) >= 11 is 0. The summed E-state index contributed by atoms with van der Waals surface area (Å²) in [6.07, 6.45) is 4.07. The Hall–Kier alpha value is -2.83. The average Bonchev–Trinajstić information content (AvgIpc) is 3.16. The molecular weight excluding hydrogens is 320 g/mol. The highest BCUT2D eigenvalue weighted by Crippen LogP contribution is 2.39. The van der Waals surface area contributed by atoms with Gasteiger partial charge >= 0.3 is 0 Å². The number of benzene rings is 1. The Morgan fingerprint density at radius 1 is 1.00 bits per heavy atom. The molecule has 0 bridgehead atoms. The number of hydrogen-bond donors (Lipinski definition) is 2. The number of nitrogens with one attached hydrogen (secondary N) is 2. The van der Waals surface area contributed by atoms with Crippen LogP contribution in [0.4, 0.5) is 0 Å². The summed E-state index contributed by atoms with van der Waals surface area (Å²) in [7, 11) is 6.56. The second-order valence-corrected chi connectivity index (χ2v) is 5.27. The van der Waals surface area contributed by atoms with Gasteiger partial charge in [-0.1, -0.05) is 0 Å². The third kappa shape index (κ3) is 4.82. The molecule has 2 aromatic rings. The van der Waals surface area contributed by atoms with Gasteiger partial charge in [-0.15, -0.1) is 0 Å². The van der Waals surface area contributed by atoms with E-state index in [1.807, 2.05) is 36.7 Å². The summed E-state index contributed by atoms with van der Waals surface area (Å²) < 4.78 is 18.3. The number of nitrogens with zero attached hydrogens (tertiary/aromatic N) is 2. The van der Waals surface area contributed by atoms with Crippen molar-refractivity contribution in [1.29, 1.82) is 0 Å². The molecule has 0 saturated carbocycles. The van der Waals surface area contributed by atoms with Crippen LogP contribution >= 0.6 is 0 Å². The highest BCUT2D eigenvalue weighted by molar-refractivity contribution is 5.79. The van der Waals surface area contributed by atoms with E-state index in [0.717, 1.165) is 24.6 Å². The van der Waals surface area contributed by atoms with E-state index < -0.39 is 0 Å². The van der Waals surface area contributed by atoms with Crippen LogP contribution < -0.4 is 24.8 Å². The van der Waals surface area contributed by atoms with Crippen LogP contribution in [0.5, 0.6) is 17.2 Å². The van der Waals surface area contributed by atoms with E-state index in [0.29, 0.717) is 23.8 Å². The lowest BCUT2D eigenvalue weighted by molar-refractivity contribution is 0.322. The SMILES string of the molecule is CN=C(NCCn1cccc1)NCc1ccc(OC)c(OC)c1OC. The zero-order chi connectivity index (χ0) is 18.1. The minimum atomic E-state index is 0.548. The summed E-state index contributed by atoms with van der Waals surface area (Å²) in [6, 6.07) is 7.83. The van der Waals surface area contributed by atoms with Crippen molar-refractivity contribution in [1.82, 2.24) is 15.2 Å². The molecule has 0 unspecified atom stereocenters. The first kappa shape index (κ1) is 18.5. The number of aromatic nitrogens is 1. The zero-order valence-corrected chi connectivity index (χ0v) is 15.2. The van der Waals surface area contributed by atoms with Crippen molar-refractivity contribution in [3.63, 3.8) is 0 Å². The van der Waals surface area contributed by atoms with Gasteiger partial charge in [0.25, 0.3) is 0 Å². The molecule has 1 heterocycles. The quantitative estimate of drug-likeness (QED) is 0.564. The fourth-order valence-electron chi connectivity index (χ4n) is 2.52. The minimum absolute atomic E-state index is 0.548. The van der Waals surface area contributed by atoms with Gasteiger partial charge in [-0.2, -0.15) is 0 Å². The number of rotatable bonds is 8. The molecule has 0 aliphatic heterocycles. The average molecular weight is 346 g/mol. The third-order valence-corrected chi connectivity index (χ3v) is 3.78. The van der Waals surface area contributed by atoms with Crippen LogP contribution in [0.1, 0.15) is 5.56 Å². The lowest BCUT2D eigenvalue weighted by Crippen LogP contribution is -2.38. The Morgan fingerprint density at radius 3 is 2.32 bits per heavy atom. The molecule has 0 aliphatic rings. The van der Waals surface area contributed by atoms with Crippen LogP contribution in [0, 0.1) is 0 Å². The van der Waals surface area contributed by atoms with Gasteiger partial charge in [0.1, 0.15) is 0 Å². The van der Waals surface area contributed by atoms with Crippen LogP contribution in [0.2, 0.25) is 0 Å². The van der Waals surface area contributed by atoms with E-state index in [-0.39, 0.29) is 0 Å². The summed E-state index contributed by atoms with van der Waals surface area (Å²) in [5.74, 6) is 2.60. The number of methoxy groups -OCH3 is 3. The smallest absolute Gasteiger partial charge is 0.203 e. The molecule has 2 rings (SSSR count). The summed E-state index contributed by atoms with van der Waals surface area (Å²) in [4.78, 5) is 4.24. The van der Waals surface area contributed by atoms with Gasteiger partial charge in [-0.3, -0.25) is 4.99 Å². The van der Waals surface area contributed by atoms with Crippen molar-refractivity contribution in [3.8, 4) is 17.2 Å². The molecule has 0 saturated heterocycles. The molecule has 136 valence electrons. The zero-order valence-electron chi connectivity index (χ0n) is 15.2. The molecule has 0 spiro atoms. The van der Waals surface area contributed by atoms with Crippen molar-refractivity contribution >= 4 is 5.96 Å². The second-order valence-electron chi connectivity index (χ2n) is 5.27. The van der Waals surface area contributed by atoms with Crippen LogP contribution in [0.25, 0.3) is 0 Å². The van der Waals surface area contributed by atoms with Gasteiger partial charge in [0, 0.05) is 44.6 Å². The first-order valence-electron chi connectivity index (χ1n) is 8.06. The number of guanidine groups is 1. The van der Waals surface area contributed by atoms with Crippen molar-refractivity contribution in [2.24, 2.45) is 4.99 Å². The fourth-order valence-corrected chi connectivity index (χ4v) is 2.52. The van der Waals surface area contributed by atoms with Gasteiger partial charge in [0.15, 0.2) is 17.5 Å². The lowest BCUT2D eigenvalue weighted by atomic mass is 10.1. The van der Waals surface area contributed by atoms with Crippen molar-refractivity contribution in [2.75, 3.05) is 34.9 Å². The van der Waals surface area contributed by atoms with E-state index in [2.05, 4.69) is 20.2 Å². The molecule has 1 aromatic carbocycles. The van der Waals surface area contributed by atoms with Gasteiger partial charge in [-0.25, -0.2) is 0 Å². The maximum absolute atomic E-state index is 5.50. The van der Waals surface area contributed by atoms with E-state index in [1.165, 1.54) is 0 Å². The Kier molecular flexibility index (Phi) is 7.00. The van der Waals surface area contributed by atoms with Gasteiger partial charge in [-0.05, 0) is 24.3 Å². The van der Waals surface area contributed by atoms with Gasteiger partial charge in [0.2, 0.25) is 5.75 Å². The normalized spacial score (nSPS) is 11.1. The molecule has 0 aliphatic carbocycles. The minimum Gasteiger partial charge on any atom is -0.493 e. The standard InChI is InChI=1S/C18H26N4O3/c1-19-18(20-9-12-22-10-5-6-11-22)21-13-14-7-8-15(23-2)17(25-4)16(14)24-3/h5-8,10-11H,9,12-13H2,1-4H3,(H2,19,20,21). The Labute approximate surface area is 148 Å². The Balaban J connectivity index is 1.96. The van der Waals surface area contributed by atoms with E-state index in [9.17, 15) is 0 Å². The first-order chi connectivity index (χ1) is 12.2. The molecule has 0 fully saturated rings. The van der Waals surface area contributed by atoms with E-state index >= 15 is 0 Å². The topological polar surface area (TPSA) is 69.0 Å². The molecule has 1 aromatic heterocycles. The summed E-state index contributed by atoms with van der Waals surface area (Å²) in [6.45, 7) is 2.19. The molecule has 7 nitrogen and oxygen atoms in total. The predicted octanol–water partition coefficient (Wildman–Crippen LogP) is 1.88. The molecule has 0 radical (unpaired) electrons. The lowest BCUT2D eigenvalue weighted by Gasteiger charge is -2.17. The highest BCUT2D eigenvalue weighted by atomic mass is 16.5. The van der Waals surface area contributed by atoms with Crippen LogP contribution in [0.3, 0.4) is 0 Å². The fraction of sp³-hybridized carbons (Fsp3) is 0.389. The number of hydrogen-bond acceptors (Lipinski definition) is 4. The largest absolute Gasteiger partial charge is 0.493 e. The predicted molar refractivity (Wildman–Crippen MR) is 98.7 cm³/mol. The second kappa shape index (κ2) is 9.46. The van der Waals surface area contributed by atoms with E-state index in [1.54, 1.807) is 28.4 Å². The van der Waals surface area contributed by atoms with Crippen molar-refractivity contribution in [2.45, 2.75) is 13.1 Å². The molecule has 0 amide bonds. The molecule has 2 N–H and O–H groups in total. The summed E-state index contributed by atoms with van der Waals surface area (Å²) in [5.41, 5.74) is 0.952. The number of aliphatic imine (C=N–C) groups is 1. The molecule has 25 heavy (non-hydrogen) atoms. The van der Waals surface area contributed by atoms with Crippen molar-refractivity contribution in [3.05, 3.63) is 42.2 Å². The Morgan fingerprint density at radius 2 is 1.72 bits per heavy atom. The van der Waals surface area contributed by atoms with Crippen molar-refractivity contribution < 1.29 is 14.2 Å². The molecular formula is C18H26N4O3. The Bertz CT molecular complexity index is 684. The van der Waals surface area contributed by atoms with Gasteiger partial charge < -0.3 is 29.4 Å². The third-order valence-electron chi connectivity index (χ3n) is 3.78. The van der Waals surface area contributed by atoms with Crippen LogP contribution in [0.15, 0.2) is 41.7 Å². The number of ether oxygens (including phenoxy) is 3. The maximum Gasteiger partial charge on any atom is 0.203 e. The highest BCUT2D eigenvalue weighted by Gasteiger charge is 2.15. The first-order valence-corrected chi connectivity index (χ1v) is 8.06. The van der Waals surface area contributed by atoms with E-state index in [4.69, 9.17) is 14.2 Å². The molecule has 7 heteroatoms. The van der Waals surface area contributed by atoms with Crippen LogP contribution in [-0.2, 0) is 13.1 Å². The van der Waals surface area contributed by atoms with Gasteiger partial charge in [0.05, 0.1) is 21.3 Å². The molecule has 0 atom stereocenters.